The fourth-order valence-electron chi connectivity index (χ4n) is 0.877. The molecule has 0 aromatic heterocycles. The lowest BCUT2D eigenvalue weighted by Gasteiger charge is -2.02. The van der Waals surface area contributed by atoms with Crippen molar-refractivity contribution in [2.75, 3.05) is 5.75 Å². The van der Waals surface area contributed by atoms with Crippen LogP contribution in [0.1, 0.15) is 5.56 Å². The maximum Gasteiger partial charge on any atom is 0.227 e. The summed E-state index contributed by atoms with van der Waals surface area (Å²) in [5, 5.41) is 0. The van der Waals surface area contributed by atoms with Crippen LogP contribution in [0.15, 0.2) is 24.3 Å². The first-order chi connectivity index (χ1) is 6.20. The molecule has 0 radical (unpaired) electrons. The van der Waals surface area contributed by atoms with Crippen molar-refractivity contribution in [2.24, 2.45) is 5.73 Å². The van der Waals surface area contributed by atoms with E-state index in [0.29, 0.717) is 5.75 Å². The predicted molar refractivity (Wildman–Crippen MR) is 64.5 cm³/mol. The molecule has 0 saturated heterocycles. The smallest absolute Gasteiger partial charge is 0.227 e. The number of amides is 1. The van der Waals surface area contributed by atoms with Crippen molar-refractivity contribution in [3.8, 4) is 0 Å². The van der Waals surface area contributed by atoms with Gasteiger partial charge in [-0.2, -0.15) is 0 Å². The Balaban J connectivity index is 2.45. The number of primary amides is 1. The first kappa shape index (κ1) is 10.8. The van der Waals surface area contributed by atoms with E-state index in [2.05, 4.69) is 34.7 Å². The van der Waals surface area contributed by atoms with Crippen LogP contribution in [-0.2, 0) is 10.5 Å². The Hall–Kier alpha value is -0.230. The van der Waals surface area contributed by atoms with Crippen LogP contribution in [-0.4, -0.2) is 11.7 Å². The Morgan fingerprint density at radius 2 is 2.15 bits per heavy atom. The van der Waals surface area contributed by atoms with Crippen LogP contribution < -0.4 is 5.73 Å². The van der Waals surface area contributed by atoms with E-state index in [9.17, 15) is 4.79 Å². The number of carbonyl (C=O) groups is 1. The summed E-state index contributed by atoms with van der Waals surface area (Å²) >= 11 is 3.84. The van der Waals surface area contributed by atoms with Gasteiger partial charge in [-0.25, -0.2) is 0 Å². The molecule has 13 heavy (non-hydrogen) atoms. The third kappa shape index (κ3) is 3.99. The van der Waals surface area contributed by atoms with Gasteiger partial charge in [-0.05, 0) is 34.2 Å². The Morgan fingerprint density at radius 3 is 2.77 bits per heavy atom. The largest absolute Gasteiger partial charge is 0.369 e. The van der Waals surface area contributed by atoms with Gasteiger partial charge in [-0.1, -0.05) is 18.2 Å². The van der Waals surface area contributed by atoms with Crippen LogP contribution in [0.5, 0.6) is 0 Å². The van der Waals surface area contributed by atoms with E-state index in [4.69, 9.17) is 5.73 Å². The zero-order chi connectivity index (χ0) is 9.68. The predicted octanol–water partition coefficient (Wildman–Crippen LogP) is 2.01. The minimum Gasteiger partial charge on any atom is -0.369 e. The van der Waals surface area contributed by atoms with Crippen LogP contribution in [0.4, 0.5) is 0 Å². The van der Waals surface area contributed by atoms with E-state index in [1.807, 2.05) is 12.1 Å². The minimum absolute atomic E-state index is 0.254. The molecular weight excluding hydrogens is 297 g/mol. The lowest BCUT2D eigenvalue weighted by atomic mass is 10.2. The third-order valence-electron chi connectivity index (χ3n) is 1.46. The molecule has 0 saturated carbocycles. The van der Waals surface area contributed by atoms with Crippen LogP contribution in [0.3, 0.4) is 0 Å². The summed E-state index contributed by atoms with van der Waals surface area (Å²) in [5.41, 5.74) is 6.29. The second kappa shape index (κ2) is 5.49. The molecule has 1 aromatic rings. The van der Waals surface area contributed by atoms with Gasteiger partial charge in [0.15, 0.2) is 0 Å². The van der Waals surface area contributed by atoms with E-state index in [1.54, 1.807) is 11.8 Å². The van der Waals surface area contributed by atoms with Gasteiger partial charge in [0.25, 0.3) is 0 Å². The molecule has 4 heteroatoms. The number of hydrogen-bond acceptors (Lipinski definition) is 2. The maximum absolute atomic E-state index is 10.5. The van der Waals surface area contributed by atoms with Crippen molar-refractivity contribution < 1.29 is 4.79 Å². The first-order valence-electron chi connectivity index (χ1n) is 3.79. The molecule has 0 aliphatic rings. The molecule has 2 N–H and O–H groups in total. The molecule has 1 rings (SSSR count). The molecule has 0 aliphatic heterocycles. The van der Waals surface area contributed by atoms with Crippen molar-refractivity contribution in [1.82, 2.24) is 0 Å². The second-order valence-corrected chi connectivity index (χ2v) is 4.70. The summed E-state index contributed by atoms with van der Waals surface area (Å²) in [5.74, 6) is 0.989. The highest BCUT2D eigenvalue weighted by Gasteiger charge is 1.99. The van der Waals surface area contributed by atoms with E-state index < -0.39 is 0 Å². The van der Waals surface area contributed by atoms with Crippen LogP contribution in [0.25, 0.3) is 0 Å². The maximum atomic E-state index is 10.5. The highest BCUT2D eigenvalue weighted by Crippen LogP contribution is 2.17. The third-order valence-corrected chi connectivity index (χ3v) is 3.52. The van der Waals surface area contributed by atoms with Gasteiger partial charge in [-0.15, -0.1) is 11.8 Å². The van der Waals surface area contributed by atoms with Gasteiger partial charge in [0.1, 0.15) is 0 Å². The molecule has 0 bridgehead atoms. The summed E-state index contributed by atoms with van der Waals surface area (Å²) in [4.78, 5) is 10.5. The fourth-order valence-corrected chi connectivity index (χ4v) is 2.49. The van der Waals surface area contributed by atoms with Crippen molar-refractivity contribution in [3.63, 3.8) is 0 Å². The zero-order valence-electron chi connectivity index (χ0n) is 7.00. The van der Waals surface area contributed by atoms with E-state index in [0.717, 1.165) is 5.75 Å². The first-order valence-corrected chi connectivity index (χ1v) is 6.03. The molecule has 1 aromatic carbocycles. The quantitative estimate of drug-likeness (QED) is 0.865. The summed E-state index contributed by atoms with van der Waals surface area (Å²) in [6.07, 6.45) is 0. The average molecular weight is 307 g/mol. The van der Waals surface area contributed by atoms with E-state index in [1.165, 1.54) is 9.13 Å². The molecular formula is C9H10INOS. The van der Waals surface area contributed by atoms with Gasteiger partial charge in [0.2, 0.25) is 5.91 Å². The van der Waals surface area contributed by atoms with Crippen LogP contribution >= 0.6 is 34.4 Å². The minimum atomic E-state index is -0.254. The molecule has 0 fully saturated rings. The number of nitrogens with two attached hydrogens (primary N) is 1. The van der Waals surface area contributed by atoms with Crippen LogP contribution in [0.2, 0.25) is 0 Å². The number of thioether (sulfide) groups is 1. The molecule has 0 spiro atoms. The summed E-state index contributed by atoms with van der Waals surface area (Å²) < 4.78 is 1.23. The molecule has 2 nitrogen and oxygen atoms in total. The van der Waals surface area contributed by atoms with Crippen molar-refractivity contribution in [1.29, 1.82) is 0 Å². The zero-order valence-corrected chi connectivity index (χ0v) is 9.97. The average Bonchev–Trinajstić information content (AvgIpc) is 2.08. The molecule has 0 heterocycles. The van der Waals surface area contributed by atoms with Crippen molar-refractivity contribution in [2.45, 2.75) is 5.75 Å². The topological polar surface area (TPSA) is 43.1 Å². The normalized spacial score (nSPS) is 9.92. The summed E-state index contributed by atoms with van der Waals surface area (Å²) in [6, 6.07) is 8.13. The van der Waals surface area contributed by atoms with Gasteiger partial charge < -0.3 is 5.73 Å². The highest BCUT2D eigenvalue weighted by atomic mass is 127. The monoisotopic (exact) mass is 307 g/mol. The van der Waals surface area contributed by atoms with E-state index in [-0.39, 0.29) is 5.91 Å². The number of benzene rings is 1. The van der Waals surface area contributed by atoms with Crippen LogP contribution in [0, 0.1) is 3.57 Å². The number of carbonyl (C=O) groups excluding carboxylic acids is 1. The van der Waals surface area contributed by atoms with Crippen molar-refractivity contribution in [3.05, 3.63) is 33.4 Å². The van der Waals surface area contributed by atoms with Gasteiger partial charge in [0.05, 0.1) is 5.75 Å². The lowest BCUT2D eigenvalue weighted by Crippen LogP contribution is -2.13. The summed E-state index contributed by atoms with van der Waals surface area (Å²) in [6.45, 7) is 0. The van der Waals surface area contributed by atoms with Crippen molar-refractivity contribution >= 4 is 40.3 Å². The summed E-state index contributed by atoms with van der Waals surface area (Å²) in [7, 11) is 0. The Kier molecular flexibility index (Phi) is 4.58. The number of hydrogen-bond donors (Lipinski definition) is 1. The van der Waals surface area contributed by atoms with Gasteiger partial charge >= 0.3 is 0 Å². The molecule has 0 aliphatic carbocycles. The Bertz CT molecular complexity index is 303. The molecule has 0 unspecified atom stereocenters. The Morgan fingerprint density at radius 1 is 1.46 bits per heavy atom. The van der Waals surface area contributed by atoms with E-state index >= 15 is 0 Å². The molecule has 1 amide bonds. The molecule has 0 atom stereocenters. The Labute approximate surface area is 95.4 Å². The number of halogens is 1. The van der Waals surface area contributed by atoms with Gasteiger partial charge in [0, 0.05) is 9.32 Å². The highest BCUT2D eigenvalue weighted by molar-refractivity contribution is 14.1. The van der Waals surface area contributed by atoms with Gasteiger partial charge in [-0.3, -0.25) is 4.79 Å². The second-order valence-electron chi connectivity index (χ2n) is 2.55. The number of rotatable bonds is 4. The lowest BCUT2D eigenvalue weighted by molar-refractivity contribution is -0.115. The fraction of sp³-hybridized carbons (Fsp3) is 0.222. The molecule has 70 valence electrons. The standard InChI is InChI=1S/C9H10INOS/c10-8-4-2-1-3-7(8)5-13-6-9(11)12/h1-4H,5-6H2,(H2,11,12). The SMILES string of the molecule is NC(=O)CSCc1ccccc1I.